The number of hydrogen-bond acceptors (Lipinski definition) is 6. The van der Waals surface area contributed by atoms with Crippen molar-refractivity contribution < 1.29 is 27.5 Å². The van der Waals surface area contributed by atoms with E-state index in [4.69, 9.17) is 9.47 Å². The van der Waals surface area contributed by atoms with Crippen molar-refractivity contribution in [1.82, 2.24) is 10.2 Å². The Morgan fingerprint density at radius 2 is 1.79 bits per heavy atom. The van der Waals surface area contributed by atoms with Crippen LogP contribution < -0.4 is 19.1 Å². The minimum absolute atomic E-state index is 0.101. The number of ether oxygens (including phenoxy) is 2. The van der Waals surface area contributed by atoms with E-state index in [-0.39, 0.29) is 29.9 Å². The maximum Gasteiger partial charge on any atom is 0.244 e. The van der Waals surface area contributed by atoms with Crippen LogP contribution in [0.15, 0.2) is 42.5 Å². The van der Waals surface area contributed by atoms with E-state index in [1.165, 1.54) is 19.1 Å². The fourth-order valence-electron chi connectivity index (χ4n) is 4.88. The molecular formula is C28H39N3O6S. The van der Waals surface area contributed by atoms with Crippen LogP contribution in [-0.4, -0.2) is 64.2 Å². The highest BCUT2D eigenvalue weighted by atomic mass is 32.2. The highest BCUT2D eigenvalue weighted by molar-refractivity contribution is 7.92. The number of aryl methyl sites for hydroxylation is 1. The number of nitrogens with one attached hydrogen (secondary N) is 1. The van der Waals surface area contributed by atoms with Gasteiger partial charge < -0.3 is 19.7 Å². The molecule has 38 heavy (non-hydrogen) atoms. The van der Waals surface area contributed by atoms with Crippen molar-refractivity contribution in [2.45, 2.75) is 64.6 Å². The van der Waals surface area contributed by atoms with Crippen molar-refractivity contribution >= 4 is 27.5 Å². The van der Waals surface area contributed by atoms with Crippen molar-refractivity contribution in [3.63, 3.8) is 0 Å². The largest absolute Gasteiger partial charge is 0.497 e. The predicted molar refractivity (Wildman–Crippen MR) is 148 cm³/mol. The zero-order valence-corrected chi connectivity index (χ0v) is 23.7. The number of amides is 2. The first-order valence-electron chi connectivity index (χ1n) is 12.9. The summed E-state index contributed by atoms with van der Waals surface area (Å²) in [6.07, 6.45) is 5.42. The number of sulfonamides is 1. The highest BCUT2D eigenvalue weighted by Crippen LogP contribution is 2.34. The summed E-state index contributed by atoms with van der Waals surface area (Å²) < 4.78 is 37.5. The quantitative estimate of drug-likeness (QED) is 0.437. The fraction of sp³-hybridized carbons (Fsp3) is 0.500. The molecule has 1 atom stereocenters. The smallest absolute Gasteiger partial charge is 0.244 e. The zero-order chi connectivity index (χ0) is 27.9. The summed E-state index contributed by atoms with van der Waals surface area (Å²) in [5.41, 5.74) is 2.10. The Labute approximate surface area is 226 Å². The first kappa shape index (κ1) is 29.3. The number of benzene rings is 2. The lowest BCUT2D eigenvalue weighted by Gasteiger charge is -2.33. The molecule has 2 aromatic rings. The van der Waals surface area contributed by atoms with E-state index in [1.54, 1.807) is 18.2 Å². The number of anilines is 1. The van der Waals surface area contributed by atoms with Crippen molar-refractivity contribution in [3.05, 3.63) is 53.6 Å². The number of carbonyl (C=O) groups is 2. The molecule has 208 valence electrons. The number of carbonyl (C=O) groups excluding carboxylic acids is 2. The molecule has 1 fully saturated rings. The Balaban J connectivity index is 1.97. The van der Waals surface area contributed by atoms with Crippen LogP contribution in [0.1, 0.15) is 50.2 Å². The van der Waals surface area contributed by atoms with Gasteiger partial charge in [-0.2, -0.15) is 0 Å². The van der Waals surface area contributed by atoms with E-state index in [0.717, 1.165) is 47.4 Å². The summed E-state index contributed by atoms with van der Waals surface area (Å²) in [7, 11) is -0.966. The van der Waals surface area contributed by atoms with Gasteiger partial charge in [0.05, 0.1) is 26.2 Å². The standard InChI is InChI=1S/C28H39N3O6S/c1-6-24(28(33)29-22-12-7-8-13-22)30(18-21-11-9-10-20(2)16-21)27(32)19-31(38(5,34)35)25-15-14-23(36-3)17-26(25)37-4/h9-11,14-17,22,24H,6-8,12-13,18-19H2,1-5H3,(H,29,33). The van der Waals surface area contributed by atoms with Gasteiger partial charge in [-0.3, -0.25) is 13.9 Å². The molecule has 0 aromatic heterocycles. The Morgan fingerprint density at radius 1 is 1.08 bits per heavy atom. The molecule has 0 aliphatic heterocycles. The molecule has 1 saturated carbocycles. The molecule has 0 saturated heterocycles. The van der Waals surface area contributed by atoms with Gasteiger partial charge in [0, 0.05) is 18.7 Å². The second-order valence-electron chi connectivity index (χ2n) is 9.73. The summed E-state index contributed by atoms with van der Waals surface area (Å²) in [6, 6.07) is 11.8. The van der Waals surface area contributed by atoms with E-state index >= 15 is 0 Å². The topological polar surface area (TPSA) is 105 Å². The van der Waals surface area contributed by atoms with Gasteiger partial charge in [-0.1, -0.05) is 49.6 Å². The number of methoxy groups -OCH3 is 2. The van der Waals surface area contributed by atoms with Crippen LogP contribution in [0.2, 0.25) is 0 Å². The summed E-state index contributed by atoms with van der Waals surface area (Å²) >= 11 is 0. The van der Waals surface area contributed by atoms with E-state index in [2.05, 4.69) is 5.32 Å². The van der Waals surface area contributed by atoms with Gasteiger partial charge >= 0.3 is 0 Å². The number of hydrogen-bond donors (Lipinski definition) is 1. The summed E-state index contributed by atoms with van der Waals surface area (Å²) in [6.45, 7) is 3.51. The monoisotopic (exact) mass is 545 g/mol. The highest BCUT2D eigenvalue weighted by Gasteiger charge is 2.33. The molecular weight excluding hydrogens is 506 g/mol. The third-order valence-electron chi connectivity index (χ3n) is 6.86. The lowest BCUT2D eigenvalue weighted by atomic mass is 10.1. The van der Waals surface area contributed by atoms with E-state index in [0.29, 0.717) is 12.2 Å². The van der Waals surface area contributed by atoms with Crippen LogP contribution in [0.4, 0.5) is 5.69 Å². The number of nitrogens with zero attached hydrogens (tertiary/aromatic N) is 2. The van der Waals surface area contributed by atoms with Gasteiger partial charge in [0.25, 0.3) is 0 Å². The Hall–Kier alpha value is -3.27. The van der Waals surface area contributed by atoms with Crippen molar-refractivity contribution in [1.29, 1.82) is 0 Å². The van der Waals surface area contributed by atoms with Crippen molar-refractivity contribution in [2.75, 3.05) is 31.3 Å². The molecule has 3 rings (SSSR count). The molecule has 2 amide bonds. The molecule has 0 bridgehead atoms. The van der Waals surface area contributed by atoms with Crippen LogP contribution >= 0.6 is 0 Å². The second-order valence-corrected chi connectivity index (χ2v) is 11.6. The SMILES string of the molecule is CCC(C(=O)NC1CCCC1)N(Cc1cccc(C)c1)C(=O)CN(c1ccc(OC)cc1OC)S(C)(=O)=O. The van der Waals surface area contributed by atoms with Crippen LogP contribution in [0.3, 0.4) is 0 Å². The Morgan fingerprint density at radius 3 is 2.37 bits per heavy atom. The van der Waals surface area contributed by atoms with Crippen molar-refractivity contribution in [2.24, 2.45) is 0 Å². The molecule has 0 radical (unpaired) electrons. The van der Waals surface area contributed by atoms with Gasteiger partial charge in [-0.15, -0.1) is 0 Å². The zero-order valence-electron chi connectivity index (χ0n) is 22.9. The van der Waals surface area contributed by atoms with Crippen LogP contribution in [0.25, 0.3) is 0 Å². The average molecular weight is 546 g/mol. The second kappa shape index (κ2) is 13.0. The van der Waals surface area contributed by atoms with Crippen LogP contribution in [0, 0.1) is 6.92 Å². The Bertz CT molecular complexity index is 1230. The Kier molecular flexibility index (Phi) is 10.0. The van der Waals surface area contributed by atoms with Gasteiger partial charge in [0.15, 0.2) is 0 Å². The molecule has 1 aliphatic carbocycles. The third-order valence-corrected chi connectivity index (χ3v) is 7.98. The van der Waals surface area contributed by atoms with E-state index < -0.39 is 28.5 Å². The summed E-state index contributed by atoms with van der Waals surface area (Å²) in [5, 5.41) is 3.11. The minimum Gasteiger partial charge on any atom is -0.497 e. The average Bonchev–Trinajstić information content (AvgIpc) is 3.39. The lowest BCUT2D eigenvalue weighted by Crippen LogP contribution is -2.53. The van der Waals surface area contributed by atoms with Crippen LogP contribution in [0.5, 0.6) is 11.5 Å². The summed E-state index contributed by atoms with van der Waals surface area (Å²) in [4.78, 5) is 28.8. The predicted octanol–water partition coefficient (Wildman–Crippen LogP) is 3.64. The molecule has 9 nitrogen and oxygen atoms in total. The van der Waals surface area contributed by atoms with Gasteiger partial charge in [0.1, 0.15) is 24.1 Å². The molecule has 1 N–H and O–H groups in total. The summed E-state index contributed by atoms with van der Waals surface area (Å²) in [5.74, 6) is 0.0384. The molecule has 10 heteroatoms. The van der Waals surface area contributed by atoms with E-state index in [9.17, 15) is 18.0 Å². The fourth-order valence-corrected chi connectivity index (χ4v) is 5.73. The molecule has 2 aromatic carbocycles. The van der Waals surface area contributed by atoms with Gasteiger partial charge in [0.2, 0.25) is 21.8 Å². The normalized spacial score (nSPS) is 14.6. The molecule has 1 aliphatic rings. The maximum atomic E-state index is 13.9. The van der Waals surface area contributed by atoms with Crippen molar-refractivity contribution in [3.8, 4) is 11.5 Å². The minimum atomic E-state index is -3.89. The maximum absolute atomic E-state index is 13.9. The first-order valence-corrected chi connectivity index (χ1v) is 14.8. The number of rotatable bonds is 12. The van der Waals surface area contributed by atoms with E-state index in [1.807, 2.05) is 38.1 Å². The molecule has 0 spiro atoms. The third kappa shape index (κ3) is 7.40. The molecule has 0 heterocycles. The lowest BCUT2D eigenvalue weighted by molar-refractivity contribution is -0.140. The van der Waals surface area contributed by atoms with Crippen LogP contribution in [-0.2, 0) is 26.2 Å². The first-order chi connectivity index (χ1) is 18.1. The van der Waals surface area contributed by atoms with Gasteiger partial charge in [-0.25, -0.2) is 8.42 Å². The molecule has 1 unspecified atom stereocenters. The van der Waals surface area contributed by atoms with Gasteiger partial charge in [-0.05, 0) is 43.9 Å².